The molecule has 38 heavy (non-hydrogen) atoms. The van der Waals surface area contributed by atoms with Crippen molar-refractivity contribution in [3.63, 3.8) is 0 Å². The summed E-state index contributed by atoms with van der Waals surface area (Å²) in [6, 6.07) is 18.1. The van der Waals surface area contributed by atoms with Crippen LogP contribution < -0.4 is 0 Å². The van der Waals surface area contributed by atoms with Crippen LogP contribution in [0.1, 0.15) is 45.6 Å². The van der Waals surface area contributed by atoms with E-state index in [0.29, 0.717) is 6.54 Å². The number of carbonyl (C=O) groups is 2. The highest BCUT2D eigenvalue weighted by Gasteiger charge is 2.41. The molecule has 0 radical (unpaired) electrons. The lowest BCUT2D eigenvalue weighted by Gasteiger charge is -2.44. The summed E-state index contributed by atoms with van der Waals surface area (Å²) in [4.78, 5) is 32.9. The monoisotopic (exact) mass is 535 g/mol. The molecule has 4 rings (SSSR count). The second-order valence-electron chi connectivity index (χ2n) is 12.2. The van der Waals surface area contributed by atoms with Crippen LogP contribution in [-0.4, -0.2) is 53.3 Å². The highest BCUT2D eigenvalue weighted by Crippen LogP contribution is 2.33. The smallest absolute Gasteiger partial charge is 0.410 e. The van der Waals surface area contributed by atoms with Gasteiger partial charge in [-0.3, -0.25) is 4.79 Å². The molecule has 0 aliphatic carbocycles. The molecule has 0 bridgehead atoms. The largest absolute Gasteiger partial charge is 0.445 e. The molecule has 1 amide bonds. The highest BCUT2D eigenvalue weighted by molar-refractivity contribution is 6.71. The van der Waals surface area contributed by atoms with Crippen LogP contribution in [-0.2, 0) is 27.1 Å². The number of fused-ring (bicyclic) bond motifs is 1. The summed E-state index contributed by atoms with van der Waals surface area (Å²) in [7, 11) is -2.06. The van der Waals surface area contributed by atoms with Crippen LogP contribution in [0.3, 0.4) is 0 Å². The lowest BCUT2D eigenvalue weighted by Crippen LogP contribution is -2.55. The lowest BCUT2D eigenvalue weighted by atomic mass is 9.95. The molecular formula is C30H41N3O4Si. The number of imidazole rings is 1. The molecule has 1 aliphatic rings. The van der Waals surface area contributed by atoms with E-state index in [-0.39, 0.29) is 49.0 Å². The molecule has 1 saturated heterocycles. The van der Waals surface area contributed by atoms with Crippen molar-refractivity contribution in [2.24, 2.45) is 5.41 Å². The van der Waals surface area contributed by atoms with Gasteiger partial charge in [-0.15, -0.1) is 0 Å². The number of amides is 1. The van der Waals surface area contributed by atoms with E-state index in [1.54, 1.807) is 11.2 Å². The molecule has 0 spiro atoms. The second-order valence-corrected chi connectivity index (χ2v) is 16.3. The van der Waals surface area contributed by atoms with E-state index in [4.69, 9.17) is 9.16 Å². The van der Waals surface area contributed by atoms with Gasteiger partial charge in [-0.2, -0.15) is 0 Å². The predicted molar refractivity (Wildman–Crippen MR) is 152 cm³/mol. The number of para-hydroxylation sites is 2. The van der Waals surface area contributed by atoms with Gasteiger partial charge in [0.25, 0.3) is 0 Å². The fraction of sp³-hybridized carbons (Fsp3) is 0.500. The SMILES string of the molecule is CC(C)(C)C[Si](C)(C)O[C@H]1CCCN(C(=O)OCc2ccccc2)[C@@H]1CC(=O)Cn1cnc2ccccc21. The number of ether oxygens (including phenoxy) is 1. The van der Waals surface area contributed by atoms with Gasteiger partial charge in [0.15, 0.2) is 14.1 Å². The Morgan fingerprint density at radius 3 is 2.50 bits per heavy atom. The van der Waals surface area contributed by atoms with E-state index >= 15 is 0 Å². The maximum atomic E-state index is 13.4. The molecule has 3 aromatic rings. The number of nitrogens with zero attached hydrogens (tertiary/aromatic N) is 3. The highest BCUT2D eigenvalue weighted by atomic mass is 28.4. The van der Waals surface area contributed by atoms with Crippen molar-refractivity contribution in [2.75, 3.05) is 6.54 Å². The first-order valence-corrected chi connectivity index (χ1v) is 16.7. The van der Waals surface area contributed by atoms with Crippen molar-refractivity contribution in [1.29, 1.82) is 0 Å². The topological polar surface area (TPSA) is 73.7 Å². The van der Waals surface area contributed by atoms with E-state index in [0.717, 1.165) is 35.5 Å². The molecule has 8 heteroatoms. The number of likely N-dealkylation sites (tertiary alicyclic amines) is 1. The first kappa shape index (κ1) is 28.0. The zero-order valence-corrected chi connectivity index (χ0v) is 24.4. The summed E-state index contributed by atoms with van der Waals surface area (Å²) in [6.45, 7) is 12.1. The fourth-order valence-corrected chi connectivity index (χ4v) is 9.51. The third kappa shape index (κ3) is 7.54. The molecule has 2 aromatic carbocycles. The molecule has 7 nitrogen and oxygen atoms in total. The molecular weight excluding hydrogens is 494 g/mol. The molecule has 1 aliphatic heterocycles. The minimum atomic E-state index is -2.06. The number of hydrogen-bond donors (Lipinski definition) is 0. The average molecular weight is 536 g/mol. The summed E-state index contributed by atoms with van der Waals surface area (Å²) in [5, 5.41) is 0. The van der Waals surface area contributed by atoms with Gasteiger partial charge in [0.05, 0.1) is 36.1 Å². The summed E-state index contributed by atoms with van der Waals surface area (Å²) in [6.07, 6.45) is 3.00. The van der Waals surface area contributed by atoms with Crippen LogP contribution in [0.15, 0.2) is 60.9 Å². The first-order chi connectivity index (χ1) is 18.0. The Balaban J connectivity index is 1.52. The number of carbonyl (C=O) groups excluding carboxylic acids is 2. The lowest BCUT2D eigenvalue weighted by molar-refractivity contribution is -0.122. The summed E-state index contributed by atoms with van der Waals surface area (Å²) < 4.78 is 14.4. The van der Waals surface area contributed by atoms with E-state index in [9.17, 15) is 9.59 Å². The van der Waals surface area contributed by atoms with Crippen LogP contribution in [0.25, 0.3) is 11.0 Å². The summed E-state index contributed by atoms with van der Waals surface area (Å²) in [5.74, 6) is 0.0461. The second kappa shape index (κ2) is 11.8. The minimum absolute atomic E-state index is 0.0461. The normalized spacial score (nSPS) is 18.5. The molecule has 0 N–H and O–H groups in total. The zero-order chi connectivity index (χ0) is 27.3. The van der Waals surface area contributed by atoms with E-state index < -0.39 is 8.32 Å². The van der Waals surface area contributed by atoms with E-state index in [1.807, 2.05) is 59.2 Å². The maximum Gasteiger partial charge on any atom is 0.410 e. The van der Waals surface area contributed by atoms with E-state index in [2.05, 4.69) is 38.8 Å². The Morgan fingerprint density at radius 2 is 1.76 bits per heavy atom. The van der Waals surface area contributed by atoms with Crippen molar-refractivity contribution in [2.45, 2.75) is 84.5 Å². The van der Waals surface area contributed by atoms with Crippen LogP contribution >= 0.6 is 0 Å². The molecule has 0 saturated carbocycles. The Morgan fingerprint density at radius 1 is 1.05 bits per heavy atom. The third-order valence-electron chi connectivity index (χ3n) is 6.89. The molecule has 0 unspecified atom stereocenters. The van der Waals surface area contributed by atoms with Gasteiger partial charge in [0.2, 0.25) is 0 Å². The Bertz CT molecular complexity index is 1240. The molecule has 204 valence electrons. The van der Waals surface area contributed by atoms with Gasteiger partial charge in [-0.05, 0) is 55.1 Å². The number of Topliss-reactive ketones (excluding diaryl/α,β-unsaturated/α-hetero) is 1. The van der Waals surface area contributed by atoms with Crippen molar-refractivity contribution >= 4 is 31.2 Å². The van der Waals surface area contributed by atoms with Crippen LogP contribution in [0.2, 0.25) is 19.1 Å². The van der Waals surface area contributed by atoms with Gasteiger partial charge >= 0.3 is 6.09 Å². The Hall–Kier alpha value is -2.97. The maximum absolute atomic E-state index is 13.4. The number of hydrogen-bond acceptors (Lipinski definition) is 5. The number of benzene rings is 2. The number of piperidine rings is 1. The summed E-state index contributed by atoms with van der Waals surface area (Å²) >= 11 is 0. The first-order valence-electron chi connectivity index (χ1n) is 13.6. The van der Waals surface area contributed by atoms with Crippen LogP contribution in [0, 0.1) is 5.41 Å². The van der Waals surface area contributed by atoms with Gasteiger partial charge in [-0.25, -0.2) is 9.78 Å². The van der Waals surface area contributed by atoms with Crippen LogP contribution in [0.4, 0.5) is 4.79 Å². The van der Waals surface area contributed by atoms with Gasteiger partial charge < -0.3 is 18.6 Å². The zero-order valence-electron chi connectivity index (χ0n) is 23.4. The van der Waals surface area contributed by atoms with Crippen molar-refractivity contribution in [3.8, 4) is 0 Å². The van der Waals surface area contributed by atoms with Crippen LogP contribution in [0.5, 0.6) is 0 Å². The van der Waals surface area contributed by atoms with Crippen molar-refractivity contribution < 1.29 is 18.8 Å². The Labute approximate surface area is 227 Å². The number of aromatic nitrogens is 2. The Kier molecular flexibility index (Phi) is 8.73. The molecule has 2 atom stereocenters. The molecule has 1 fully saturated rings. The predicted octanol–water partition coefficient (Wildman–Crippen LogP) is 6.43. The van der Waals surface area contributed by atoms with E-state index in [1.165, 1.54) is 0 Å². The fourth-order valence-electron chi connectivity index (χ4n) is 5.78. The molecule has 1 aromatic heterocycles. The minimum Gasteiger partial charge on any atom is -0.445 e. The standard InChI is InChI=1S/C30H41N3O4Si/c1-30(2,3)21-38(4,5)37-28-16-11-17-33(29(35)36-20-23-12-7-6-8-13-23)27(28)18-24(34)19-32-22-31-25-14-9-10-15-26(25)32/h6-10,12-15,22,27-28H,11,16-21H2,1-5H3/t27-,28+/m1/s1. The number of rotatable bonds is 9. The molecule has 2 heterocycles. The number of ketones is 1. The average Bonchev–Trinajstić information content (AvgIpc) is 3.25. The quantitative estimate of drug-likeness (QED) is 0.295. The third-order valence-corrected chi connectivity index (χ3v) is 9.75. The van der Waals surface area contributed by atoms with Gasteiger partial charge in [-0.1, -0.05) is 63.2 Å². The van der Waals surface area contributed by atoms with Gasteiger partial charge in [0.1, 0.15) is 6.61 Å². The van der Waals surface area contributed by atoms with Gasteiger partial charge in [0, 0.05) is 13.0 Å². The summed E-state index contributed by atoms with van der Waals surface area (Å²) in [5.41, 5.74) is 2.87. The van der Waals surface area contributed by atoms with Crippen molar-refractivity contribution in [3.05, 3.63) is 66.5 Å². The van der Waals surface area contributed by atoms with Crippen molar-refractivity contribution in [1.82, 2.24) is 14.5 Å².